The zero-order valence-electron chi connectivity index (χ0n) is 19.8. The quantitative estimate of drug-likeness (QED) is 0.0853. The van der Waals surface area contributed by atoms with Crippen LogP contribution in [-0.4, -0.2) is 34.1 Å². The summed E-state index contributed by atoms with van der Waals surface area (Å²) in [6.45, 7) is 0. The Kier molecular flexibility index (Phi) is 7.59. The number of anilines is 1. The van der Waals surface area contributed by atoms with E-state index in [2.05, 4.69) is 26.1 Å². The van der Waals surface area contributed by atoms with Crippen LogP contribution in [0, 0.1) is 5.82 Å². The Morgan fingerprint density at radius 1 is 1.11 bits per heavy atom. The van der Waals surface area contributed by atoms with Gasteiger partial charge in [-0.3, -0.25) is 14.5 Å². The first-order chi connectivity index (χ1) is 18.4. The lowest BCUT2D eigenvalue weighted by molar-refractivity contribution is -0.132. The lowest BCUT2D eigenvalue weighted by Gasteiger charge is -2.22. The number of rotatable bonds is 7. The Labute approximate surface area is 234 Å². The van der Waals surface area contributed by atoms with Crippen molar-refractivity contribution in [3.8, 4) is 5.75 Å². The number of methoxy groups -OCH3 is 1. The van der Waals surface area contributed by atoms with E-state index in [0.717, 1.165) is 21.4 Å². The molecule has 38 heavy (non-hydrogen) atoms. The number of amides is 1. The minimum atomic E-state index is -0.919. The molecule has 3 aromatic carbocycles. The number of ketones is 1. The highest BCUT2D eigenvalue weighted by molar-refractivity contribution is 9.10. The van der Waals surface area contributed by atoms with Gasteiger partial charge < -0.3 is 9.84 Å². The number of aliphatic hydroxyl groups is 1. The Bertz CT molecular complexity index is 1540. The van der Waals surface area contributed by atoms with Crippen LogP contribution in [-0.2, 0) is 15.3 Å². The Hall–Kier alpha value is -3.54. The Morgan fingerprint density at radius 2 is 1.84 bits per heavy atom. The first kappa shape index (κ1) is 26.1. The van der Waals surface area contributed by atoms with E-state index in [1.807, 2.05) is 6.07 Å². The van der Waals surface area contributed by atoms with E-state index >= 15 is 0 Å². The first-order valence-corrected chi connectivity index (χ1v) is 13.9. The second-order valence-electron chi connectivity index (χ2n) is 8.22. The zero-order chi connectivity index (χ0) is 26.8. The van der Waals surface area contributed by atoms with Crippen molar-refractivity contribution in [2.24, 2.45) is 0 Å². The summed E-state index contributed by atoms with van der Waals surface area (Å²) in [5, 5.41) is 19.9. The summed E-state index contributed by atoms with van der Waals surface area (Å²) in [4.78, 5) is 27.9. The maximum Gasteiger partial charge on any atom is 0.301 e. The van der Waals surface area contributed by atoms with Crippen molar-refractivity contribution in [3.05, 3.63) is 105 Å². The van der Waals surface area contributed by atoms with Gasteiger partial charge in [0.25, 0.3) is 5.78 Å². The third-order valence-electron chi connectivity index (χ3n) is 5.85. The molecule has 0 radical (unpaired) electrons. The normalized spacial score (nSPS) is 16.7. The second-order valence-corrected chi connectivity index (χ2v) is 11.3. The minimum Gasteiger partial charge on any atom is -0.507 e. The summed E-state index contributed by atoms with van der Waals surface area (Å²) >= 11 is 6.00. The van der Waals surface area contributed by atoms with E-state index in [1.165, 1.54) is 35.9 Å². The number of Topliss-reactive ketones (excluding diaryl/α,β-unsaturated/α-hetero) is 1. The van der Waals surface area contributed by atoms with Gasteiger partial charge in [-0.05, 0) is 59.7 Å². The summed E-state index contributed by atoms with van der Waals surface area (Å²) in [6, 6.07) is 19.0. The summed E-state index contributed by atoms with van der Waals surface area (Å²) < 4.78 is 19.7. The molecule has 0 saturated carbocycles. The van der Waals surface area contributed by atoms with E-state index in [9.17, 15) is 19.1 Å². The molecule has 2 heterocycles. The molecule has 11 heteroatoms. The average molecular weight is 613 g/mol. The number of hydrogen-bond acceptors (Lipinski definition) is 8. The maximum absolute atomic E-state index is 13.3. The molecule has 1 aromatic heterocycles. The van der Waals surface area contributed by atoms with Gasteiger partial charge in [0.05, 0.1) is 18.7 Å². The van der Waals surface area contributed by atoms with Gasteiger partial charge in [-0.25, -0.2) is 4.39 Å². The van der Waals surface area contributed by atoms with Crippen LogP contribution in [0.3, 0.4) is 0 Å². The third kappa shape index (κ3) is 5.22. The van der Waals surface area contributed by atoms with Crippen molar-refractivity contribution in [3.63, 3.8) is 0 Å². The smallest absolute Gasteiger partial charge is 0.301 e. The Balaban J connectivity index is 1.53. The fourth-order valence-electron chi connectivity index (χ4n) is 4.01. The summed E-state index contributed by atoms with van der Waals surface area (Å²) in [6.07, 6.45) is 0. The van der Waals surface area contributed by atoms with Gasteiger partial charge in [0, 0.05) is 15.8 Å². The molecule has 1 amide bonds. The predicted molar refractivity (Wildman–Crippen MR) is 148 cm³/mol. The number of carbonyl (C=O) groups is 2. The minimum absolute atomic E-state index is 0.0472. The van der Waals surface area contributed by atoms with Crippen molar-refractivity contribution in [2.45, 2.75) is 16.1 Å². The van der Waals surface area contributed by atoms with Gasteiger partial charge in [0.15, 0.2) is 4.34 Å². The van der Waals surface area contributed by atoms with E-state index in [0.29, 0.717) is 27.0 Å². The molecule has 1 saturated heterocycles. The molecule has 0 aliphatic carbocycles. The number of nitrogens with zero attached hydrogens (tertiary/aromatic N) is 3. The van der Waals surface area contributed by atoms with Crippen LogP contribution in [0.5, 0.6) is 5.75 Å². The predicted octanol–water partition coefficient (Wildman–Crippen LogP) is 6.37. The molecule has 1 fully saturated rings. The molecule has 1 atom stereocenters. The second kappa shape index (κ2) is 11.1. The van der Waals surface area contributed by atoms with Crippen LogP contribution in [0.1, 0.15) is 22.7 Å². The highest BCUT2D eigenvalue weighted by Crippen LogP contribution is 2.44. The molecular weight excluding hydrogens is 593 g/mol. The van der Waals surface area contributed by atoms with Gasteiger partial charge >= 0.3 is 5.91 Å². The first-order valence-electron chi connectivity index (χ1n) is 11.3. The average Bonchev–Trinajstić information content (AvgIpc) is 3.50. The molecule has 7 nitrogen and oxygen atoms in total. The van der Waals surface area contributed by atoms with E-state index < -0.39 is 17.7 Å². The molecule has 1 unspecified atom stereocenters. The fraction of sp³-hybridized carbons (Fsp3) is 0.111. The van der Waals surface area contributed by atoms with Gasteiger partial charge in [-0.1, -0.05) is 63.3 Å². The molecule has 192 valence electrons. The van der Waals surface area contributed by atoms with Gasteiger partial charge in [0.1, 0.15) is 17.3 Å². The van der Waals surface area contributed by atoms with Gasteiger partial charge in [-0.15, -0.1) is 10.2 Å². The van der Waals surface area contributed by atoms with Crippen molar-refractivity contribution < 1.29 is 23.8 Å². The van der Waals surface area contributed by atoms with Crippen LogP contribution in [0.4, 0.5) is 9.52 Å². The topological polar surface area (TPSA) is 92.6 Å². The number of carbonyl (C=O) groups excluding carboxylic acids is 2. The molecule has 0 spiro atoms. The summed E-state index contributed by atoms with van der Waals surface area (Å²) in [5.74, 6) is -1.12. The molecular formula is C27H19BrFN3O4S2. The monoisotopic (exact) mass is 611 g/mol. The number of ether oxygens (including phenoxy) is 1. The summed E-state index contributed by atoms with van der Waals surface area (Å²) in [5.41, 5.74) is 1.84. The van der Waals surface area contributed by atoms with Crippen LogP contribution in [0.25, 0.3) is 5.76 Å². The number of aromatic nitrogens is 2. The molecule has 1 aliphatic rings. The number of hydrogen-bond donors (Lipinski definition) is 1. The highest BCUT2D eigenvalue weighted by Gasteiger charge is 2.48. The lowest BCUT2D eigenvalue weighted by Crippen LogP contribution is -2.29. The zero-order valence-corrected chi connectivity index (χ0v) is 23.0. The molecule has 5 rings (SSSR count). The van der Waals surface area contributed by atoms with E-state index in [1.54, 1.807) is 54.6 Å². The van der Waals surface area contributed by atoms with Crippen molar-refractivity contribution in [2.75, 3.05) is 12.0 Å². The number of halogens is 2. The van der Waals surface area contributed by atoms with Crippen molar-refractivity contribution in [1.29, 1.82) is 0 Å². The van der Waals surface area contributed by atoms with Crippen molar-refractivity contribution >= 4 is 61.6 Å². The van der Waals surface area contributed by atoms with Gasteiger partial charge in [-0.2, -0.15) is 0 Å². The number of thioether (sulfide) groups is 1. The SMILES string of the molecule is COc1ccc(/C(O)=C2/C(=O)C(=O)N(c3nnc(SCc4ccc(F)cc4)s3)C2c2cccc(Br)c2)cc1. The van der Waals surface area contributed by atoms with Crippen molar-refractivity contribution in [1.82, 2.24) is 10.2 Å². The van der Waals surface area contributed by atoms with E-state index in [4.69, 9.17) is 4.74 Å². The third-order valence-corrected chi connectivity index (χ3v) is 8.47. The fourth-order valence-corrected chi connectivity index (χ4v) is 6.25. The van der Waals surface area contributed by atoms with Crippen LogP contribution < -0.4 is 9.64 Å². The maximum atomic E-state index is 13.3. The Morgan fingerprint density at radius 3 is 2.53 bits per heavy atom. The largest absolute Gasteiger partial charge is 0.507 e. The van der Waals surface area contributed by atoms with Gasteiger partial charge in [0.2, 0.25) is 5.13 Å². The molecule has 4 aromatic rings. The number of aliphatic hydroxyl groups excluding tert-OH is 1. The molecule has 1 N–H and O–H groups in total. The summed E-state index contributed by atoms with van der Waals surface area (Å²) in [7, 11) is 1.53. The van der Waals surface area contributed by atoms with Crippen LogP contribution in [0.15, 0.2) is 87.2 Å². The van der Waals surface area contributed by atoms with E-state index in [-0.39, 0.29) is 22.3 Å². The lowest BCUT2D eigenvalue weighted by atomic mass is 9.95. The number of benzene rings is 3. The molecule has 0 bridgehead atoms. The standard InChI is InChI=1S/C27H19BrFN3O4S2/c1-36-20-11-7-16(8-12-20)23(33)21-22(17-3-2-4-18(28)13-17)32(25(35)24(21)34)26-30-31-27(38-26)37-14-15-5-9-19(29)10-6-15/h2-13,22,33H,14H2,1H3/b23-21-. The van der Waals surface area contributed by atoms with Crippen LogP contribution >= 0.6 is 39.0 Å². The highest BCUT2D eigenvalue weighted by atomic mass is 79.9. The van der Waals surface area contributed by atoms with Crippen LogP contribution in [0.2, 0.25) is 0 Å². The molecule has 1 aliphatic heterocycles.